The van der Waals surface area contributed by atoms with Crippen LogP contribution in [0.4, 0.5) is 18.0 Å². The van der Waals surface area contributed by atoms with Gasteiger partial charge in [-0.25, -0.2) is 4.79 Å². The fourth-order valence-corrected chi connectivity index (χ4v) is 3.55. The Hall–Kier alpha value is -3.01. The molecule has 0 radical (unpaired) electrons. The molecule has 1 saturated heterocycles. The topological polar surface area (TPSA) is 96.9 Å². The number of methoxy groups -OCH3 is 1. The highest BCUT2D eigenvalue weighted by Crippen LogP contribution is 2.46. The van der Waals surface area contributed by atoms with Gasteiger partial charge in [0.15, 0.2) is 0 Å². The summed E-state index contributed by atoms with van der Waals surface area (Å²) in [5, 5.41) is 15.3. The fraction of sp³-hybridized carbons (Fsp3) is 0.368. The number of esters is 1. The van der Waals surface area contributed by atoms with Crippen LogP contribution in [0.1, 0.15) is 18.5 Å². The van der Waals surface area contributed by atoms with Crippen LogP contribution in [-0.4, -0.2) is 42.7 Å². The van der Waals surface area contributed by atoms with Gasteiger partial charge in [-0.05, 0) is 23.8 Å². The molecule has 10 heteroatoms. The number of hydrogen-bond acceptors (Lipinski definition) is 5. The highest BCUT2D eigenvalue weighted by atomic mass is 19.4. The van der Waals surface area contributed by atoms with Gasteiger partial charge in [0, 0.05) is 5.56 Å². The molecule has 0 saturated carbocycles. The predicted molar refractivity (Wildman–Crippen MR) is 96.0 cm³/mol. The molecule has 2 aromatic carbocycles. The maximum absolute atomic E-state index is 13.8. The number of aliphatic hydroxyl groups is 1. The first-order valence-electron chi connectivity index (χ1n) is 8.74. The van der Waals surface area contributed by atoms with E-state index < -0.39 is 35.9 Å². The second kappa shape index (κ2) is 7.43. The molecule has 0 aromatic heterocycles. The first kappa shape index (κ1) is 20.7. The molecule has 7 nitrogen and oxygen atoms in total. The van der Waals surface area contributed by atoms with Gasteiger partial charge in [-0.3, -0.25) is 4.79 Å². The van der Waals surface area contributed by atoms with Crippen molar-refractivity contribution in [2.45, 2.75) is 24.9 Å². The standard InChI is InChI=1S/C19H19F3N2O5/c1-3-29-16(25)14-15(23-17(26)24-18(14,27)19(20,21)22)13-11-7-5-4-6-10(11)8-9-12(13)28-2/h4-9,14-15,27H,3H2,1-2H3,(H2,23,24,26). The number of fused-ring (bicyclic) bond motifs is 1. The van der Waals surface area contributed by atoms with Crippen LogP contribution in [0.2, 0.25) is 0 Å². The number of halogens is 3. The summed E-state index contributed by atoms with van der Waals surface area (Å²) in [6.45, 7) is 1.21. The number of hydrogen-bond donors (Lipinski definition) is 3. The van der Waals surface area contributed by atoms with E-state index in [2.05, 4.69) is 5.32 Å². The number of alkyl halides is 3. The number of rotatable bonds is 4. The third-order valence-electron chi connectivity index (χ3n) is 4.81. The first-order chi connectivity index (χ1) is 13.6. The van der Waals surface area contributed by atoms with E-state index in [-0.39, 0.29) is 17.9 Å². The van der Waals surface area contributed by atoms with E-state index in [0.29, 0.717) is 10.8 Å². The predicted octanol–water partition coefficient (Wildman–Crippen LogP) is 2.63. The summed E-state index contributed by atoms with van der Waals surface area (Å²) in [5.74, 6) is -3.39. The Bertz CT molecular complexity index is 949. The van der Waals surface area contributed by atoms with Crippen molar-refractivity contribution in [2.75, 3.05) is 13.7 Å². The van der Waals surface area contributed by atoms with Crippen LogP contribution < -0.4 is 15.4 Å². The number of ether oxygens (including phenoxy) is 2. The van der Waals surface area contributed by atoms with E-state index in [1.165, 1.54) is 25.4 Å². The molecule has 156 valence electrons. The zero-order valence-electron chi connectivity index (χ0n) is 15.5. The van der Waals surface area contributed by atoms with Gasteiger partial charge in [0.2, 0.25) is 0 Å². The molecule has 1 heterocycles. The number of nitrogens with one attached hydrogen (secondary N) is 2. The molecule has 1 aliphatic heterocycles. The Kier molecular flexibility index (Phi) is 5.31. The van der Waals surface area contributed by atoms with Gasteiger partial charge < -0.3 is 25.2 Å². The molecule has 1 fully saturated rings. The molecular weight excluding hydrogens is 393 g/mol. The van der Waals surface area contributed by atoms with Crippen LogP contribution in [0, 0.1) is 5.92 Å². The summed E-state index contributed by atoms with van der Waals surface area (Å²) in [6.07, 6.45) is -5.35. The second-order valence-electron chi connectivity index (χ2n) is 6.47. The molecule has 3 atom stereocenters. The maximum atomic E-state index is 13.8. The third-order valence-corrected chi connectivity index (χ3v) is 4.81. The third kappa shape index (κ3) is 3.44. The van der Waals surface area contributed by atoms with Crippen molar-refractivity contribution in [3.05, 3.63) is 42.0 Å². The molecular formula is C19H19F3N2O5. The normalized spacial score (nSPS) is 24.6. The quantitative estimate of drug-likeness (QED) is 0.671. The van der Waals surface area contributed by atoms with Gasteiger partial charge in [0.25, 0.3) is 5.72 Å². The molecule has 3 N–H and O–H groups in total. The minimum absolute atomic E-state index is 0.126. The summed E-state index contributed by atoms with van der Waals surface area (Å²) in [4.78, 5) is 24.7. The van der Waals surface area contributed by atoms with Crippen molar-refractivity contribution in [2.24, 2.45) is 5.92 Å². The minimum atomic E-state index is -5.35. The SMILES string of the molecule is CCOC(=O)C1C(c2c(OC)ccc3ccccc23)NC(=O)NC1(O)C(F)(F)F. The van der Waals surface area contributed by atoms with Crippen molar-refractivity contribution in [3.8, 4) is 5.75 Å². The van der Waals surface area contributed by atoms with Gasteiger partial charge in [-0.15, -0.1) is 0 Å². The lowest BCUT2D eigenvalue weighted by Crippen LogP contribution is -2.73. The van der Waals surface area contributed by atoms with Gasteiger partial charge in [0.05, 0.1) is 19.8 Å². The van der Waals surface area contributed by atoms with Gasteiger partial charge in [-0.1, -0.05) is 30.3 Å². The van der Waals surface area contributed by atoms with Crippen molar-refractivity contribution in [1.82, 2.24) is 10.6 Å². The molecule has 0 aliphatic carbocycles. The lowest BCUT2D eigenvalue weighted by molar-refractivity contribution is -0.294. The lowest BCUT2D eigenvalue weighted by Gasteiger charge is -2.44. The van der Waals surface area contributed by atoms with E-state index in [0.717, 1.165) is 0 Å². The lowest BCUT2D eigenvalue weighted by atomic mass is 9.80. The fourth-order valence-electron chi connectivity index (χ4n) is 3.55. The molecule has 3 rings (SSSR count). The number of carbonyl (C=O) groups is 2. The monoisotopic (exact) mass is 412 g/mol. The Morgan fingerprint density at radius 2 is 1.93 bits per heavy atom. The Balaban J connectivity index is 2.29. The second-order valence-corrected chi connectivity index (χ2v) is 6.47. The van der Waals surface area contributed by atoms with Crippen LogP contribution in [0.25, 0.3) is 10.8 Å². The van der Waals surface area contributed by atoms with Crippen LogP contribution >= 0.6 is 0 Å². The highest BCUT2D eigenvalue weighted by molar-refractivity contribution is 5.91. The summed E-state index contributed by atoms with van der Waals surface area (Å²) in [5.41, 5.74) is -3.71. The molecule has 29 heavy (non-hydrogen) atoms. The van der Waals surface area contributed by atoms with Crippen molar-refractivity contribution in [1.29, 1.82) is 0 Å². The van der Waals surface area contributed by atoms with E-state index in [9.17, 15) is 27.9 Å². The van der Waals surface area contributed by atoms with E-state index in [1.807, 2.05) is 0 Å². The van der Waals surface area contributed by atoms with E-state index in [4.69, 9.17) is 9.47 Å². The number of amides is 2. The van der Waals surface area contributed by atoms with E-state index >= 15 is 0 Å². The summed E-state index contributed by atoms with van der Waals surface area (Å²) in [7, 11) is 1.31. The molecule has 1 aliphatic rings. The average Bonchev–Trinajstić information content (AvgIpc) is 2.65. The zero-order valence-corrected chi connectivity index (χ0v) is 15.5. The summed E-state index contributed by atoms with van der Waals surface area (Å²) >= 11 is 0. The van der Waals surface area contributed by atoms with Crippen LogP contribution in [0.5, 0.6) is 5.75 Å². The zero-order chi connectivity index (χ0) is 21.4. The Morgan fingerprint density at radius 3 is 2.55 bits per heavy atom. The summed E-state index contributed by atoms with van der Waals surface area (Å²) in [6, 6.07) is 7.07. The van der Waals surface area contributed by atoms with E-state index in [1.54, 1.807) is 30.3 Å². The highest BCUT2D eigenvalue weighted by Gasteiger charge is 2.67. The van der Waals surface area contributed by atoms with Gasteiger partial charge >= 0.3 is 18.2 Å². The Morgan fingerprint density at radius 1 is 1.24 bits per heavy atom. The van der Waals surface area contributed by atoms with Crippen LogP contribution in [0.15, 0.2) is 36.4 Å². The van der Waals surface area contributed by atoms with Gasteiger partial charge in [0.1, 0.15) is 11.7 Å². The van der Waals surface area contributed by atoms with Crippen LogP contribution in [-0.2, 0) is 9.53 Å². The largest absolute Gasteiger partial charge is 0.496 e. The molecule has 3 unspecified atom stereocenters. The van der Waals surface area contributed by atoms with Crippen molar-refractivity contribution < 1.29 is 37.3 Å². The van der Waals surface area contributed by atoms with Crippen molar-refractivity contribution in [3.63, 3.8) is 0 Å². The van der Waals surface area contributed by atoms with Crippen molar-refractivity contribution >= 4 is 22.8 Å². The number of carbonyl (C=O) groups excluding carboxylic acids is 2. The molecule has 2 aromatic rings. The molecule has 2 amide bonds. The molecule has 0 spiro atoms. The minimum Gasteiger partial charge on any atom is -0.496 e. The number of urea groups is 1. The smallest absolute Gasteiger partial charge is 0.437 e. The Labute approximate surface area is 163 Å². The van der Waals surface area contributed by atoms with Crippen LogP contribution in [0.3, 0.4) is 0 Å². The summed E-state index contributed by atoms with van der Waals surface area (Å²) < 4.78 is 51.5. The first-order valence-corrected chi connectivity index (χ1v) is 8.74. The average molecular weight is 412 g/mol. The maximum Gasteiger partial charge on any atom is 0.437 e. The number of benzene rings is 2. The molecule has 0 bridgehead atoms. The van der Waals surface area contributed by atoms with Gasteiger partial charge in [-0.2, -0.15) is 13.2 Å².